The molecule has 0 bridgehead atoms. The number of hydrogen-bond acceptors (Lipinski definition) is 4. The van der Waals surface area contributed by atoms with Crippen molar-refractivity contribution in [3.8, 4) is 0 Å². The van der Waals surface area contributed by atoms with Gasteiger partial charge in [0, 0.05) is 37.7 Å². The number of piperidine rings is 1. The molecule has 0 amide bonds. The maximum atomic E-state index is 13.1. The van der Waals surface area contributed by atoms with Crippen LogP contribution in [-0.4, -0.2) is 39.0 Å². The summed E-state index contributed by atoms with van der Waals surface area (Å²) >= 11 is 6.13. The molecule has 1 N–H and O–H groups in total. The van der Waals surface area contributed by atoms with E-state index in [1.54, 1.807) is 16.9 Å². The van der Waals surface area contributed by atoms with E-state index >= 15 is 0 Å². The molecule has 1 saturated heterocycles. The summed E-state index contributed by atoms with van der Waals surface area (Å²) < 4.78 is 14.9. The fourth-order valence-electron chi connectivity index (χ4n) is 2.98. The predicted octanol–water partition coefficient (Wildman–Crippen LogP) is 2.36. The molecule has 1 atom stereocenters. The van der Waals surface area contributed by atoms with Gasteiger partial charge in [0.1, 0.15) is 5.82 Å². The van der Waals surface area contributed by atoms with Crippen molar-refractivity contribution in [2.75, 3.05) is 13.1 Å². The number of nitrogens with one attached hydrogen (secondary N) is 1. The van der Waals surface area contributed by atoms with Crippen molar-refractivity contribution in [3.05, 3.63) is 46.5 Å². The molecule has 2 heterocycles. The van der Waals surface area contributed by atoms with Crippen LogP contribution in [0, 0.1) is 5.82 Å². The van der Waals surface area contributed by atoms with Gasteiger partial charge in [0.2, 0.25) is 0 Å². The summed E-state index contributed by atoms with van der Waals surface area (Å²) in [4.78, 5) is 2.36. The summed E-state index contributed by atoms with van der Waals surface area (Å²) in [7, 11) is 1.90. The van der Waals surface area contributed by atoms with E-state index in [1.165, 1.54) is 12.1 Å². The Morgan fingerprint density at radius 3 is 3.04 bits per heavy atom. The van der Waals surface area contributed by atoms with Crippen molar-refractivity contribution in [2.45, 2.75) is 32.0 Å². The van der Waals surface area contributed by atoms with E-state index < -0.39 is 0 Å². The number of aryl methyl sites for hydroxylation is 1. The molecule has 0 spiro atoms. The lowest BCUT2D eigenvalue weighted by Gasteiger charge is -2.33. The van der Waals surface area contributed by atoms with Crippen molar-refractivity contribution < 1.29 is 4.39 Å². The Bertz CT molecular complexity index is 660. The van der Waals surface area contributed by atoms with Crippen LogP contribution in [0.15, 0.2) is 24.4 Å². The van der Waals surface area contributed by atoms with Gasteiger partial charge in [0.05, 0.1) is 11.9 Å². The molecule has 2 aromatic rings. The molecule has 0 saturated carbocycles. The zero-order chi connectivity index (χ0) is 16.2. The lowest BCUT2D eigenvalue weighted by atomic mass is 10.0. The topological polar surface area (TPSA) is 46.0 Å². The molecule has 0 aliphatic carbocycles. The molecule has 3 rings (SSSR count). The minimum absolute atomic E-state index is 0.290. The number of likely N-dealkylation sites (tertiary alicyclic amines) is 1. The van der Waals surface area contributed by atoms with Crippen LogP contribution >= 0.6 is 11.6 Å². The number of benzene rings is 1. The zero-order valence-electron chi connectivity index (χ0n) is 13.2. The Morgan fingerprint density at radius 2 is 2.30 bits per heavy atom. The van der Waals surface area contributed by atoms with Gasteiger partial charge >= 0.3 is 0 Å². The van der Waals surface area contributed by atoms with Crippen LogP contribution in [0.4, 0.5) is 4.39 Å². The zero-order valence-corrected chi connectivity index (χ0v) is 13.9. The van der Waals surface area contributed by atoms with Gasteiger partial charge in [0.25, 0.3) is 0 Å². The van der Waals surface area contributed by atoms with Gasteiger partial charge < -0.3 is 5.32 Å². The highest BCUT2D eigenvalue weighted by atomic mass is 35.5. The molecule has 1 aromatic heterocycles. The molecule has 0 radical (unpaired) electrons. The Kier molecular flexibility index (Phi) is 5.25. The second kappa shape index (κ2) is 7.38. The Labute approximate surface area is 140 Å². The minimum Gasteiger partial charge on any atom is -0.307 e. The van der Waals surface area contributed by atoms with Gasteiger partial charge in [-0.05, 0) is 37.1 Å². The van der Waals surface area contributed by atoms with Gasteiger partial charge in [0.15, 0.2) is 0 Å². The fourth-order valence-corrected chi connectivity index (χ4v) is 3.20. The number of aromatic nitrogens is 3. The van der Waals surface area contributed by atoms with E-state index in [0.717, 1.165) is 50.3 Å². The van der Waals surface area contributed by atoms with Gasteiger partial charge in [-0.3, -0.25) is 9.58 Å². The van der Waals surface area contributed by atoms with E-state index in [0.29, 0.717) is 11.1 Å². The van der Waals surface area contributed by atoms with E-state index in [-0.39, 0.29) is 5.82 Å². The van der Waals surface area contributed by atoms with Gasteiger partial charge in [-0.25, -0.2) is 4.39 Å². The summed E-state index contributed by atoms with van der Waals surface area (Å²) in [5.41, 5.74) is 2.05. The molecule has 1 aromatic carbocycles. The lowest BCUT2D eigenvalue weighted by molar-refractivity contribution is 0.182. The third kappa shape index (κ3) is 4.28. The lowest BCUT2D eigenvalue weighted by Crippen LogP contribution is -2.45. The quantitative estimate of drug-likeness (QED) is 0.910. The SMILES string of the molecule is Cn1nncc1CNC1CCCN(Cc2ccc(F)cc2Cl)C1. The number of nitrogens with zero attached hydrogens (tertiary/aromatic N) is 4. The summed E-state index contributed by atoms with van der Waals surface area (Å²) in [5, 5.41) is 11.9. The number of hydrogen-bond donors (Lipinski definition) is 1. The minimum atomic E-state index is -0.290. The molecular weight excluding hydrogens is 317 g/mol. The molecule has 124 valence electrons. The van der Waals surface area contributed by atoms with Crippen molar-refractivity contribution in [2.24, 2.45) is 7.05 Å². The van der Waals surface area contributed by atoms with Gasteiger partial charge in [-0.15, -0.1) is 5.10 Å². The van der Waals surface area contributed by atoms with Gasteiger partial charge in [-0.1, -0.05) is 22.9 Å². The third-order valence-corrected chi connectivity index (χ3v) is 4.65. The normalized spacial score (nSPS) is 19.2. The summed E-state index contributed by atoms with van der Waals surface area (Å²) in [6.45, 7) is 3.52. The molecular formula is C16H21ClFN5. The molecule has 23 heavy (non-hydrogen) atoms. The predicted molar refractivity (Wildman–Crippen MR) is 87.6 cm³/mol. The largest absolute Gasteiger partial charge is 0.307 e. The molecule has 7 heteroatoms. The highest BCUT2D eigenvalue weighted by Gasteiger charge is 2.20. The molecule has 1 aliphatic rings. The summed E-state index contributed by atoms with van der Waals surface area (Å²) in [6, 6.07) is 5.05. The van der Waals surface area contributed by atoms with Crippen LogP contribution in [0.25, 0.3) is 0 Å². The van der Waals surface area contributed by atoms with Crippen molar-refractivity contribution >= 4 is 11.6 Å². The highest BCUT2D eigenvalue weighted by Crippen LogP contribution is 2.21. The first-order valence-corrected chi connectivity index (χ1v) is 8.23. The average Bonchev–Trinajstić information content (AvgIpc) is 2.94. The van der Waals surface area contributed by atoms with Crippen LogP contribution in [0.1, 0.15) is 24.1 Å². The molecule has 5 nitrogen and oxygen atoms in total. The van der Waals surface area contributed by atoms with Crippen LogP contribution < -0.4 is 5.32 Å². The van der Waals surface area contributed by atoms with Gasteiger partial charge in [-0.2, -0.15) is 0 Å². The molecule has 1 fully saturated rings. The Hall–Kier alpha value is -1.50. The second-order valence-corrected chi connectivity index (χ2v) is 6.45. The number of halogens is 2. The van der Waals surface area contributed by atoms with Crippen LogP contribution in [-0.2, 0) is 20.1 Å². The maximum Gasteiger partial charge on any atom is 0.124 e. The van der Waals surface area contributed by atoms with Crippen molar-refractivity contribution in [3.63, 3.8) is 0 Å². The Balaban J connectivity index is 1.54. The second-order valence-electron chi connectivity index (χ2n) is 6.04. The smallest absolute Gasteiger partial charge is 0.124 e. The highest BCUT2D eigenvalue weighted by molar-refractivity contribution is 6.31. The average molecular weight is 338 g/mol. The third-order valence-electron chi connectivity index (χ3n) is 4.29. The number of rotatable bonds is 5. The Morgan fingerprint density at radius 1 is 1.43 bits per heavy atom. The maximum absolute atomic E-state index is 13.1. The first-order chi connectivity index (χ1) is 11.1. The summed E-state index contributed by atoms with van der Waals surface area (Å²) in [5.74, 6) is -0.290. The van der Waals surface area contributed by atoms with Crippen LogP contribution in [0.5, 0.6) is 0 Å². The van der Waals surface area contributed by atoms with Crippen molar-refractivity contribution in [1.29, 1.82) is 0 Å². The van der Waals surface area contributed by atoms with E-state index in [2.05, 4.69) is 20.5 Å². The molecule has 1 unspecified atom stereocenters. The van der Waals surface area contributed by atoms with E-state index in [9.17, 15) is 4.39 Å². The van der Waals surface area contributed by atoms with Crippen LogP contribution in [0.2, 0.25) is 5.02 Å². The van der Waals surface area contributed by atoms with E-state index in [1.807, 2.05) is 7.05 Å². The molecule has 1 aliphatic heterocycles. The monoisotopic (exact) mass is 337 g/mol. The first kappa shape index (κ1) is 16.4. The first-order valence-electron chi connectivity index (χ1n) is 7.85. The van der Waals surface area contributed by atoms with Crippen LogP contribution in [0.3, 0.4) is 0 Å². The van der Waals surface area contributed by atoms with E-state index in [4.69, 9.17) is 11.6 Å². The summed E-state index contributed by atoms with van der Waals surface area (Å²) in [6.07, 6.45) is 4.07. The fraction of sp³-hybridized carbons (Fsp3) is 0.500. The standard InChI is InChI=1S/C16H21ClFN5/c1-22-15(9-20-21-22)8-19-14-3-2-6-23(11-14)10-12-4-5-13(18)7-16(12)17/h4-5,7,9,14,19H,2-3,6,8,10-11H2,1H3. The van der Waals surface area contributed by atoms with Crippen molar-refractivity contribution in [1.82, 2.24) is 25.2 Å².